The topological polar surface area (TPSA) is 61.5 Å². The monoisotopic (exact) mass is 249 g/mol. The van der Waals surface area contributed by atoms with Crippen LogP contribution in [0.15, 0.2) is 18.2 Å². The minimum Gasteiger partial charge on any atom is -0.487 e. The third-order valence-corrected chi connectivity index (χ3v) is 2.46. The van der Waals surface area contributed by atoms with Crippen LogP contribution in [-0.4, -0.2) is 17.6 Å². The van der Waals surface area contributed by atoms with Crippen LogP contribution in [0, 0.1) is 0 Å². The van der Waals surface area contributed by atoms with Gasteiger partial charge in [-0.2, -0.15) is 0 Å². The molecule has 0 radical (unpaired) electrons. The molecule has 18 heavy (non-hydrogen) atoms. The summed E-state index contributed by atoms with van der Waals surface area (Å²) in [5.41, 5.74) is 5.40. The zero-order valence-electron chi connectivity index (χ0n) is 11.0. The summed E-state index contributed by atoms with van der Waals surface area (Å²) in [6.07, 6.45) is 2.35. The van der Waals surface area contributed by atoms with E-state index in [1.807, 2.05) is 20.8 Å². The summed E-state index contributed by atoms with van der Waals surface area (Å²) < 4.78 is 11.6. The smallest absolute Gasteiger partial charge is 0.248 e. The molecule has 1 amide bonds. The van der Waals surface area contributed by atoms with E-state index < -0.39 is 5.91 Å². The van der Waals surface area contributed by atoms with Crippen LogP contribution >= 0.6 is 0 Å². The van der Waals surface area contributed by atoms with Gasteiger partial charge in [-0.3, -0.25) is 4.79 Å². The van der Waals surface area contributed by atoms with E-state index in [1.165, 1.54) is 0 Å². The van der Waals surface area contributed by atoms with E-state index in [0.717, 1.165) is 12.8 Å². The third-order valence-electron chi connectivity index (χ3n) is 2.46. The molecular formula is C14H19NO3. The highest BCUT2D eigenvalue weighted by atomic mass is 16.5. The molecule has 1 aliphatic rings. The van der Waals surface area contributed by atoms with Gasteiger partial charge in [-0.25, -0.2) is 0 Å². The summed E-state index contributed by atoms with van der Waals surface area (Å²) >= 11 is 0. The Bertz CT molecular complexity index is 459. The number of hydrogen-bond donors (Lipinski definition) is 1. The molecule has 1 saturated carbocycles. The van der Waals surface area contributed by atoms with Gasteiger partial charge >= 0.3 is 0 Å². The number of ether oxygens (including phenoxy) is 2. The third kappa shape index (κ3) is 3.39. The maximum absolute atomic E-state index is 11.2. The minimum atomic E-state index is -0.460. The Labute approximate surface area is 107 Å². The van der Waals surface area contributed by atoms with E-state index in [0.29, 0.717) is 17.1 Å². The van der Waals surface area contributed by atoms with E-state index >= 15 is 0 Å². The molecule has 1 aromatic rings. The first kappa shape index (κ1) is 12.7. The van der Waals surface area contributed by atoms with Gasteiger partial charge in [0.2, 0.25) is 5.91 Å². The molecule has 2 rings (SSSR count). The van der Waals surface area contributed by atoms with Gasteiger partial charge < -0.3 is 15.2 Å². The summed E-state index contributed by atoms with van der Waals surface area (Å²) in [5, 5.41) is 0. The first-order valence-corrected chi connectivity index (χ1v) is 6.15. The minimum absolute atomic E-state index is 0.246. The molecule has 0 heterocycles. The lowest BCUT2D eigenvalue weighted by molar-refractivity contribution is 0.0999. The van der Waals surface area contributed by atoms with Crippen LogP contribution in [0.1, 0.15) is 44.0 Å². The van der Waals surface area contributed by atoms with Gasteiger partial charge in [-0.05, 0) is 51.8 Å². The molecule has 1 aromatic carbocycles. The van der Waals surface area contributed by atoms with Gasteiger partial charge in [0, 0.05) is 5.56 Å². The van der Waals surface area contributed by atoms with Crippen LogP contribution in [0.3, 0.4) is 0 Å². The fourth-order valence-corrected chi connectivity index (χ4v) is 1.53. The predicted octanol–water partition coefficient (Wildman–Crippen LogP) is 2.50. The summed E-state index contributed by atoms with van der Waals surface area (Å²) in [6, 6.07) is 5.05. The van der Waals surface area contributed by atoms with Crippen molar-refractivity contribution in [3.63, 3.8) is 0 Å². The predicted molar refractivity (Wildman–Crippen MR) is 69.0 cm³/mol. The number of benzene rings is 1. The highest BCUT2D eigenvalue weighted by molar-refractivity contribution is 5.93. The van der Waals surface area contributed by atoms with Crippen molar-refractivity contribution in [3.8, 4) is 11.5 Å². The van der Waals surface area contributed by atoms with Crippen LogP contribution in [0.4, 0.5) is 0 Å². The molecule has 0 aliphatic heterocycles. The standard InChI is InChI=1S/C14H19NO3/c1-14(2,3)18-11-7-4-9(13(15)16)8-12(11)17-10-5-6-10/h4,7-8,10H,5-6H2,1-3H3,(H2,15,16). The van der Waals surface area contributed by atoms with Crippen molar-refractivity contribution < 1.29 is 14.3 Å². The van der Waals surface area contributed by atoms with Gasteiger partial charge in [-0.15, -0.1) is 0 Å². The molecule has 0 saturated heterocycles. The quantitative estimate of drug-likeness (QED) is 0.891. The Kier molecular flexibility index (Phi) is 3.20. The van der Waals surface area contributed by atoms with Crippen LogP contribution in [0.5, 0.6) is 11.5 Å². The van der Waals surface area contributed by atoms with E-state index in [9.17, 15) is 4.79 Å². The van der Waals surface area contributed by atoms with Gasteiger partial charge in [0.1, 0.15) is 5.60 Å². The second-order valence-electron chi connectivity index (χ2n) is 5.56. The molecule has 0 bridgehead atoms. The highest BCUT2D eigenvalue weighted by Crippen LogP contribution is 2.36. The second kappa shape index (κ2) is 4.52. The zero-order chi connectivity index (χ0) is 13.3. The van der Waals surface area contributed by atoms with Crippen molar-refractivity contribution >= 4 is 5.91 Å². The second-order valence-corrected chi connectivity index (χ2v) is 5.56. The summed E-state index contributed by atoms with van der Waals surface area (Å²) in [5.74, 6) is 0.793. The Morgan fingerprint density at radius 2 is 1.94 bits per heavy atom. The number of carbonyl (C=O) groups is 1. The maximum atomic E-state index is 11.2. The highest BCUT2D eigenvalue weighted by Gasteiger charge is 2.26. The molecular weight excluding hydrogens is 230 g/mol. The molecule has 0 atom stereocenters. The van der Waals surface area contributed by atoms with E-state index in [4.69, 9.17) is 15.2 Å². The summed E-state index contributed by atoms with van der Waals surface area (Å²) in [6.45, 7) is 5.90. The van der Waals surface area contributed by atoms with Crippen molar-refractivity contribution in [2.24, 2.45) is 5.73 Å². The average Bonchev–Trinajstić information content (AvgIpc) is 3.02. The van der Waals surface area contributed by atoms with Gasteiger partial charge in [0.25, 0.3) is 0 Å². The lowest BCUT2D eigenvalue weighted by atomic mass is 10.1. The molecule has 4 nitrogen and oxygen atoms in total. The van der Waals surface area contributed by atoms with E-state index in [-0.39, 0.29) is 11.7 Å². The first-order chi connectivity index (χ1) is 8.35. The molecule has 0 unspecified atom stereocenters. The summed E-state index contributed by atoms with van der Waals surface area (Å²) in [4.78, 5) is 11.2. The molecule has 0 aromatic heterocycles. The maximum Gasteiger partial charge on any atom is 0.248 e. The van der Waals surface area contributed by atoms with Crippen molar-refractivity contribution in [2.75, 3.05) is 0 Å². The van der Waals surface area contributed by atoms with Crippen LogP contribution < -0.4 is 15.2 Å². The Morgan fingerprint density at radius 1 is 1.28 bits per heavy atom. The van der Waals surface area contributed by atoms with Crippen molar-refractivity contribution in [2.45, 2.75) is 45.3 Å². The molecule has 1 aliphatic carbocycles. The van der Waals surface area contributed by atoms with E-state index in [1.54, 1.807) is 18.2 Å². The van der Waals surface area contributed by atoms with Crippen LogP contribution in [0.25, 0.3) is 0 Å². The molecule has 0 spiro atoms. The zero-order valence-corrected chi connectivity index (χ0v) is 11.0. The van der Waals surface area contributed by atoms with Crippen LogP contribution in [0.2, 0.25) is 0 Å². The number of carbonyl (C=O) groups excluding carboxylic acids is 1. The van der Waals surface area contributed by atoms with E-state index in [2.05, 4.69) is 0 Å². The van der Waals surface area contributed by atoms with Gasteiger partial charge in [0.15, 0.2) is 11.5 Å². The average molecular weight is 249 g/mol. The fraction of sp³-hybridized carbons (Fsp3) is 0.500. The number of nitrogens with two attached hydrogens (primary N) is 1. The van der Waals surface area contributed by atoms with Crippen molar-refractivity contribution in [1.82, 2.24) is 0 Å². The number of amides is 1. The largest absolute Gasteiger partial charge is 0.487 e. The SMILES string of the molecule is CC(C)(C)Oc1ccc(C(N)=O)cc1OC1CC1. The molecule has 1 fully saturated rings. The summed E-state index contributed by atoms with van der Waals surface area (Å²) in [7, 11) is 0. The lowest BCUT2D eigenvalue weighted by Gasteiger charge is -2.23. The Morgan fingerprint density at radius 3 is 2.44 bits per heavy atom. The van der Waals surface area contributed by atoms with Crippen LogP contribution in [-0.2, 0) is 0 Å². The number of rotatable bonds is 4. The fourth-order valence-electron chi connectivity index (χ4n) is 1.53. The van der Waals surface area contributed by atoms with Crippen molar-refractivity contribution in [3.05, 3.63) is 23.8 Å². The molecule has 4 heteroatoms. The number of hydrogen-bond acceptors (Lipinski definition) is 3. The van der Waals surface area contributed by atoms with Crippen molar-refractivity contribution in [1.29, 1.82) is 0 Å². The number of primary amides is 1. The van der Waals surface area contributed by atoms with Gasteiger partial charge in [0.05, 0.1) is 6.10 Å². The molecule has 2 N–H and O–H groups in total. The Hall–Kier alpha value is -1.71. The normalized spacial score (nSPS) is 15.3. The lowest BCUT2D eigenvalue weighted by Crippen LogP contribution is -2.23. The Balaban J connectivity index is 2.28. The van der Waals surface area contributed by atoms with Gasteiger partial charge in [-0.1, -0.05) is 0 Å². The first-order valence-electron chi connectivity index (χ1n) is 6.15. The molecule has 98 valence electrons.